The van der Waals surface area contributed by atoms with E-state index in [0.717, 1.165) is 96.1 Å². The summed E-state index contributed by atoms with van der Waals surface area (Å²) < 4.78 is 7.55. The van der Waals surface area contributed by atoms with Crippen LogP contribution < -0.4 is 10.6 Å². The molecule has 1 aromatic heterocycles. The van der Waals surface area contributed by atoms with Crippen molar-refractivity contribution in [2.75, 3.05) is 65.6 Å². The number of rotatable bonds is 12. The van der Waals surface area contributed by atoms with Gasteiger partial charge in [-0.25, -0.2) is 0 Å². The lowest BCUT2D eigenvalue weighted by atomic mass is 10.0. The smallest absolute Gasteiger partial charge is 0.191 e. The van der Waals surface area contributed by atoms with Crippen LogP contribution in [0.3, 0.4) is 0 Å². The molecule has 0 radical (unpaired) electrons. The van der Waals surface area contributed by atoms with E-state index in [1.54, 1.807) is 0 Å². The Labute approximate surface area is 217 Å². The van der Waals surface area contributed by atoms with Gasteiger partial charge in [0.25, 0.3) is 0 Å². The summed E-state index contributed by atoms with van der Waals surface area (Å²) in [5.74, 6) is 1.95. The van der Waals surface area contributed by atoms with Crippen molar-refractivity contribution in [3.8, 4) is 0 Å². The Morgan fingerprint density at radius 2 is 1.91 bits per heavy atom. The monoisotopic (exact) mass is 576 g/mol. The first-order valence-corrected chi connectivity index (χ1v) is 12.7. The van der Waals surface area contributed by atoms with Gasteiger partial charge in [-0.05, 0) is 39.2 Å². The largest absolute Gasteiger partial charge is 0.379 e. The minimum Gasteiger partial charge on any atom is -0.379 e. The molecule has 10 heteroatoms. The molecule has 0 bridgehead atoms. The van der Waals surface area contributed by atoms with Crippen molar-refractivity contribution in [2.45, 2.75) is 65.0 Å². The van der Waals surface area contributed by atoms with Crippen LogP contribution in [0.25, 0.3) is 0 Å². The minimum atomic E-state index is 0. The second-order valence-corrected chi connectivity index (χ2v) is 8.92. The van der Waals surface area contributed by atoms with Gasteiger partial charge >= 0.3 is 0 Å². The lowest BCUT2D eigenvalue weighted by Crippen LogP contribution is -2.42. The number of nitrogens with zero attached hydrogens (tertiary/aromatic N) is 6. The highest BCUT2D eigenvalue weighted by Gasteiger charge is 2.17. The molecule has 2 aliphatic rings. The topological polar surface area (TPSA) is 82.8 Å². The molecule has 190 valence electrons. The fraction of sp³-hybridized carbons (Fsp3) is 0.870. The number of aromatic nitrogens is 3. The van der Waals surface area contributed by atoms with E-state index in [1.165, 1.54) is 32.4 Å². The summed E-state index contributed by atoms with van der Waals surface area (Å²) in [7, 11) is 0. The molecule has 3 heterocycles. The van der Waals surface area contributed by atoms with Crippen LogP contribution in [0.5, 0.6) is 0 Å². The number of halogens is 1. The SMILES string of the molecule is CCc1nncn1CCNC(=NCCCN1CCOCC1)NCCCN1CCCCC1C.I. The molecule has 2 saturated heterocycles. The Hall–Kier alpha value is -0.980. The summed E-state index contributed by atoms with van der Waals surface area (Å²) in [5.41, 5.74) is 0. The van der Waals surface area contributed by atoms with Gasteiger partial charge in [0.05, 0.1) is 13.2 Å². The molecule has 3 rings (SSSR count). The third kappa shape index (κ3) is 10.4. The predicted octanol–water partition coefficient (Wildman–Crippen LogP) is 1.98. The lowest BCUT2D eigenvalue weighted by molar-refractivity contribution is 0.0377. The Morgan fingerprint density at radius 1 is 1.09 bits per heavy atom. The number of morpholine rings is 1. The molecule has 0 aliphatic carbocycles. The Morgan fingerprint density at radius 3 is 2.70 bits per heavy atom. The van der Waals surface area contributed by atoms with E-state index >= 15 is 0 Å². The molecule has 2 aliphatic heterocycles. The van der Waals surface area contributed by atoms with Gasteiger partial charge in [-0.1, -0.05) is 13.3 Å². The first-order valence-electron chi connectivity index (χ1n) is 12.7. The molecule has 0 spiro atoms. The molecular formula is C23H45IN8O. The number of guanidine groups is 1. The van der Waals surface area contributed by atoms with Crippen LogP contribution in [-0.2, 0) is 17.7 Å². The maximum absolute atomic E-state index is 5.44. The van der Waals surface area contributed by atoms with Crippen LogP contribution >= 0.6 is 24.0 Å². The van der Waals surface area contributed by atoms with Crippen molar-refractivity contribution in [1.29, 1.82) is 0 Å². The number of hydrogen-bond acceptors (Lipinski definition) is 6. The highest BCUT2D eigenvalue weighted by molar-refractivity contribution is 14.0. The number of hydrogen-bond donors (Lipinski definition) is 2. The van der Waals surface area contributed by atoms with Crippen LogP contribution in [-0.4, -0.2) is 102 Å². The maximum atomic E-state index is 5.44. The first-order chi connectivity index (χ1) is 15.8. The van der Waals surface area contributed by atoms with Crippen LogP contribution in [0, 0.1) is 0 Å². The molecule has 33 heavy (non-hydrogen) atoms. The van der Waals surface area contributed by atoms with Crippen molar-refractivity contribution in [3.05, 3.63) is 12.2 Å². The van der Waals surface area contributed by atoms with Crippen LogP contribution in [0.15, 0.2) is 11.3 Å². The molecule has 0 amide bonds. The van der Waals surface area contributed by atoms with Gasteiger partial charge in [0, 0.05) is 64.8 Å². The zero-order valence-electron chi connectivity index (χ0n) is 20.7. The summed E-state index contributed by atoms with van der Waals surface area (Å²) in [5, 5.41) is 15.3. The van der Waals surface area contributed by atoms with Gasteiger partial charge in [-0.2, -0.15) is 0 Å². The summed E-state index contributed by atoms with van der Waals surface area (Å²) in [4.78, 5) is 9.96. The third-order valence-corrected chi connectivity index (χ3v) is 6.52. The molecule has 0 aromatic carbocycles. The molecule has 1 atom stereocenters. The molecule has 0 saturated carbocycles. The van der Waals surface area contributed by atoms with E-state index in [4.69, 9.17) is 9.73 Å². The van der Waals surface area contributed by atoms with E-state index in [0.29, 0.717) is 0 Å². The average Bonchev–Trinajstić information content (AvgIpc) is 3.28. The van der Waals surface area contributed by atoms with Crippen molar-refractivity contribution < 1.29 is 4.74 Å². The third-order valence-electron chi connectivity index (χ3n) is 6.52. The molecule has 1 unspecified atom stereocenters. The fourth-order valence-electron chi connectivity index (χ4n) is 4.50. The number of likely N-dealkylation sites (tertiary alicyclic amines) is 1. The highest BCUT2D eigenvalue weighted by Crippen LogP contribution is 2.16. The quantitative estimate of drug-likeness (QED) is 0.171. The summed E-state index contributed by atoms with van der Waals surface area (Å²) in [6, 6.07) is 0.728. The normalized spacial score (nSPS) is 20.4. The summed E-state index contributed by atoms with van der Waals surface area (Å²) >= 11 is 0. The lowest BCUT2D eigenvalue weighted by Gasteiger charge is -2.33. The van der Waals surface area contributed by atoms with Crippen molar-refractivity contribution >= 4 is 29.9 Å². The van der Waals surface area contributed by atoms with Crippen LogP contribution in [0.4, 0.5) is 0 Å². The van der Waals surface area contributed by atoms with E-state index in [2.05, 4.69) is 49.0 Å². The van der Waals surface area contributed by atoms with Gasteiger partial charge < -0.3 is 24.8 Å². The average molecular weight is 577 g/mol. The molecule has 1 aromatic rings. The van der Waals surface area contributed by atoms with Crippen LogP contribution in [0.1, 0.15) is 51.8 Å². The number of ether oxygens (including phenoxy) is 1. The number of piperidine rings is 1. The Balaban J connectivity index is 0.00000385. The van der Waals surface area contributed by atoms with Crippen molar-refractivity contribution in [2.24, 2.45) is 4.99 Å². The van der Waals surface area contributed by atoms with Gasteiger partial charge in [0.2, 0.25) is 0 Å². The Bertz CT molecular complexity index is 665. The van der Waals surface area contributed by atoms with E-state index in [-0.39, 0.29) is 24.0 Å². The second kappa shape index (κ2) is 16.6. The zero-order valence-corrected chi connectivity index (χ0v) is 23.0. The summed E-state index contributed by atoms with van der Waals surface area (Å²) in [6.07, 6.45) is 9.00. The number of aliphatic imine (C=N–C) groups is 1. The van der Waals surface area contributed by atoms with E-state index in [1.807, 2.05) is 6.33 Å². The molecule has 2 fully saturated rings. The van der Waals surface area contributed by atoms with E-state index < -0.39 is 0 Å². The Kier molecular flexibility index (Phi) is 14.2. The van der Waals surface area contributed by atoms with Gasteiger partial charge in [-0.15, -0.1) is 34.2 Å². The van der Waals surface area contributed by atoms with E-state index in [9.17, 15) is 0 Å². The standard InChI is InChI=1S/C23H44N8O.HI/c1-3-22-28-27-20-31(22)15-11-26-23(24-9-6-12-29-16-18-32-19-17-29)25-10-7-14-30-13-5-4-8-21(30)2;/h20-21H,3-19H2,1-2H3,(H2,24,25,26);1H. The van der Waals surface area contributed by atoms with Gasteiger partial charge in [0.1, 0.15) is 12.2 Å². The van der Waals surface area contributed by atoms with Crippen molar-refractivity contribution in [1.82, 2.24) is 35.2 Å². The maximum Gasteiger partial charge on any atom is 0.191 e. The molecule has 9 nitrogen and oxygen atoms in total. The van der Waals surface area contributed by atoms with Gasteiger partial charge in [-0.3, -0.25) is 9.89 Å². The van der Waals surface area contributed by atoms with Crippen molar-refractivity contribution in [3.63, 3.8) is 0 Å². The fourth-order valence-corrected chi connectivity index (χ4v) is 4.50. The molecular weight excluding hydrogens is 531 g/mol. The second-order valence-electron chi connectivity index (χ2n) is 8.92. The van der Waals surface area contributed by atoms with Gasteiger partial charge in [0.15, 0.2) is 5.96 Å². The van der Waals surface area contributed by atoms with Crippen LogP contribution in [0.2, 0.25) is 0 Å². The zero-order chi connectivity index (χ0) is 22.4. The number of nitrogens with one attached hydrogen (secondary N) is 2. The highest BCUT2D eigenvalue weighted by atomic mass is 127. The summed E-state index contributed by atoms with van der Waals surface area (Å²) in [6.45, 7) is 15.2. The molecule has 2 N–H and O–H groups in total. The first kappa shape index (κ1) is 28.3. The number of aryl methyl sites for hydroxylation is 1. The minimum absolute atomic E-state index is 0. The predicted molar refractivity (Wildman–Crippen MR) is 145 cm³/mol.